The molecule has 2 heteroatoms. The third-order valence-electron chi connectivity index (χ3n) is 4.08. The summed E-state index contributed by atoms with van der Waals surface area (Å²) in [6.45, 7) is 5.44. The Labute approximate surface area is 110 Å². The van der Waals surface area contributed by atoms with Gasteiger partial charge in [-0.25, -0.2) is 0 Å². The van der Waals surface area contributed by atoms with E-state index in [4.69, 9.17) is 0 Å². The number of hydrogen-bond donors (Lipinski definition) is 0. The van der Waals surface area contributed by atoms with Crippen LogP contribution in [0.15, 0.2) is 30.3 Å². The largest absolute Gasteiger partial charge is 0.296 e. The number of benzene rings is 1. The first kappa shape index (κ1) is 13.3. The fraction of sp³-hybridized carbons (Fsp3) is 0.562. The molecule has 3 unspecified atom stereocenters. The fourth-order valence-corrected chi connectivity index (χ4v) is 2.64. The Morgan fingerprint density at radius 2 is 2.00 bits per heavy atom. The van der Waals surface area contributed by atoms with Crippen LogP contribution in [0.3, 0.4) is 0 Å². The van der Waals surface area contributed by atoms with Gasteiger partial charge in [-0.3, -0.25) is 9.69 Å². The van der Waals surface area contributed by atoms with Crippen molar-refractivity contribution in [1.29, 1.82) is 0 Å². The molecule has 1 aliphatic rings. The van der Waals surface area contributed by atoms with Crippen molar-refractivity contribution in [2.45, 2.75) is 32.7 Å². The number of rotatable bonds is 6. The second-order valence-corrected chi connectivity index (χ2v) is 5.57. The molecule has 18 heavy (non-hydrogen) atoms. The molecule has 0 saturated heterocycles. The van der Waals surface area contributed by atoms with Gasteiger partial charge in [0.2, 0.25) is 0 Å². The van der Waals surface area contributed by atoms with Crippen LogP contribution >= 0.6 is 0 Å². The lowest BCUT2D eigenvalue weighted by molar-refractivity contribution is 0.0839. The average molecular weight is 245 g/mol. The molecule has 0 N–H and O–H groups in total. The zero-order chi connectivity index (χ0) is 13.1. The van der Waals surface area contributed by atoms with Gasteiger partial charge in [0.05, 0.1) is 6.04 Å². The highest BCUT2D eigenvalue weighted by molar-refractivity contribution is 6.00. The monoisotopic (exact) mass is 245 g/mol. The predicted molar refractivity (Wildman–Crippen MR) is 74.8 cm³/mol. The van der Waals surface area contributed by atoms with Crippen molar-refractivity contribution in [3.05, 3.63) is 35.9 Å². The van der Waals surface area contributed by atoms with Crippen LogP contribution in [0.25, 0.3) is 0 Å². The molecule has 0 bridgehead atoms. The molecule has 1 aliphatic carbocycles. The number of nitrogens with zero attached hydrogens (tertiary/aromatic N) is 1. The second kappa shape index (κ2) is 5.66. The number of carbonyl (C=O) groups excluding carboxylic acids is 1. The maximum atomic E-state index is 12.5. The second-order valence-electron chi connectivity index (χ2n) is 5.57. The van der Waals surface area contributed by atoms with Gasteiger partial charge in [0.15, 0.2) is 5.78 Å². The van der Waals surface area contributed by atoms with Gasteiger partial charge in [-0.2, -0.15) is 0 Å². The van der Waals surface area contributed by atoms with E-state index in [1.807, 2.05) is 30.3 Å². The normalized spacial score (nSPS) is 24.0. The van der Waals surface area contributed by atoms with Crippen molar-refractivity contribution >= 4 is 5.78 Å². The maximum Gasteiger partial charge on any atom is 0.179 e. The van der Waals surface area contributed by atoms with Crippen LogP contribution in [-0.2, 0) is 0 Å². The van der Waals surface area contributed by atoms with Gasteiger partial charge < -0.3 is 0 Å². The molecule has 1 fully saturated rings. The molecule has 0 aromatic heterocycles. The molecular weight excluding hydrogens is 222 g/mol. The van der Waals surface area contributed by atoms with Crippen molar-refractivity contribution in [3.63, 3.8) is 0 Å². The Bertz CT molecular complexity index is 401. The molecule has 0 aliphatic heterocycles. The molecule has 0 radical (unpaired) electrons. The van der Waals surface area contributed by atoms with E-state index >= 15 is 0 Å². The average Bonchev–Trinajstić information content (AvgIpc) is 3.06. The summed E-state index contributed by atoms with van der Waals surface area (Å²) in [5.41, 5.74) is 0.833. The van der Waals surface area contributed by atoms with E-state index in [0.29, 0.717) is 0 Å². The lowest BCUT2D eigenvalue weighted by atomic mass is 10.0. The highest BCUT2D eigenvalue weighted by Crippen LogP contribution is 2.38. The van der Waals surface area contributed by atoms with Crippen LogP contribution < -0.4 is 0 Å². The molecule has 0 heterocycles. The SMILES string of the molecule is CCC(C(=O)c1ccccc1)N(C)CC1CC1C. The van der Waals surface area contributed by atoms with Gasteiger partial charge >= 0.3 is 0 Å². The minimum atomic E-state index is 0.0280. The van der Waals surface area contributed by atoms with Crippen molar-refractivity contribution in [1.82, 2.24) is 4.90 Å². The van der Waals surface area contributed by atoms with Gasteiger partial charge in [-0.15, -0.1) is 0 Å². The van der Waals surface area contributed by atoms with Crippen LogP contribution in [0.1, 0.15) is 37.0 Å². The molecule has 0 amide bonds. The van der Waals surface area contributed by atoms with E-state index in [9.17, 15) is 4.79 Å². The number of hydrogen-bond acceptors (Lipinski definition) is 2. The van der Waals surface area contributed by atoms with Gasteiger partial charge in [-0.05, 0) is 31.7 Å². The van der Waals surface area contributed by atoms with Crippen molar-refractivity contribution in [2.75, 3.05) is 13.6 Å². The molecular formula is C16H23NO. The molecule has 1 aromatic rings. The summed E-state index contributed by atoms with van der Waals surface area (Å²) in [5, 5.41) is 0. The molecule has 1 aromatic carbocycles. The first-order valence-corrected chi connectivity index (χ1v) is 6.93. The van der Waals surface area contributed by atoms with Gasteiger partial charge in [0, 0.05) is 12.1 Å². The van der Waals surface area contributed by atoms with E-state index in [1.54, 1.807) is 0 Å². The van der Waals surface area contributed by atoms with Gasteiger partial charge in [0.25, 0.3) is 0 Å². The third kappa shape index (κ3) is 2.99. The van der Waals surface area contributed by atoms with E-state index < -0.39 is 0 Å². The number of ketones is 1. The van der Waals surface area contributed by atoms with Crippen LogP contribution in [0, 0.1) is 11.8 Å². The summed E-state index contributed by atoms with van der Waals surface area (Å²) in [6, 6.07) is 9.68. The summed E-state index contributed by atoms with van der Waals surface area (Å²) < 4.78 is 0. The standard InChI is InChI=1S/C16H23NO/c1-4-15(17(3)11-14-10-12(14)2)16(18)13-8-6-5-7-9-13/h5-9,12,14-15H,4,10-11H2,1-3H3. The maximum absolute atomic E-state index is 12.5. The quantitative estimate of drug-likeness (QED) is 0.717. The molecule has 98 valence electrons. The first-order valence-electron chi connectivity index (χ1n) is 6.93. The zero-order valence-corrected chi connectivity index (χ0v) is 11.6. The minimum absolute atomic E-state index is 0.0280. The van der Waals surface area contributed by atoms with Crippen molar-refractivity contribution in [2.24, 2.45) is 11.8 Å². The lowest BCUT2D eigenvalue weighted by Crippen LogP contribution is -2.39. The number of carbonyl (C=O) groups is 1. The smallest absolute Gasteiger partial charge is 0.179 e. The first-order chi connectivity index (χ1) is 8.63. The Balaban J connectivity index is 2.01. The molecule has 3 atom stereocenters. The number of Topliss-reactive ketones (excluding diaryl/α,β-unsaturated/α-hetero) is 1. The molecule has 0 spiro atoms. The Morgan fingerprint density at radius 1 is 1.39 bits per heavy atom. The van der Waals surface area contributed by atoms with Crippen LogP contribution in [0.4, 0.5) is 0 Å². The zero-order valence-electron chi connectivity index (χ0n) is 11.6. The Hall–Kier alpha value is -1.15. The highest BCUT2D eigenvalue weighted by atomic mass is 16.1. The number of likely N-dealkylation sites (N-methyl/N-ethyl adjacent to an activating group) is 1. The topological polar surface area (TPSA) is 20.3 Å². The minimum Gasteiger partial charge on any atom is -0.296 e. The van der Waals surface area contributed by atoms with Crippen LogP contribution in [0.2, 0.25) is 0 Å². The summed E-state index contributed by atoms with van der Waals surface area (Å²) in [7, 11) is 2.08. The summed E-state index contributed by atoms with van der Waals surface area (Å²) >= 11 is 0. The molecule has 2 rings (SSSR count). The van der Waals surface area contributed by atoms with E-state index in [2.05, 4.69) is 25.8 Å². The highest BCUT2D eigenvalue weighted by Gasteiger charge is 2.35. The lowest BCUT2D eigenvalue weighted by Gasteiger charge is -2.26. The van der Waals surface area contributed by atoms with Crippen molar-refractivity contribution < 1.29 is 4.79 Å². The predicted octanol–water partition coefficient (Wildman–Crippen LogP) is 3.24. The van der Waals surface area contributed by atoms with E-state index in [-0.39, 0.29) is 11.8 Å². The van der Waals surface area contributed by atoms with Crippen LogP contribution in [-0.4, -0.2) is 30.3 Å². The van der Waals surface area contributed by atoms with Gasteiger partial charge in [0.1, 0.15) is 0 Å². The summed E-state index contributed by atoms with van der Waals surface area (Å²) in [4.78, 5) is 14.7. The Morgan fingerprint density at radius 3 is 2.50 bits per heavy atom. The molecule has 2 nitrogen and oxygen atoms in total. The van der Waals surface area contributed by atoms with Gasteiger partial charge in [-0.1, -0.05) is 44.2 Å². The summed E-state index contributed by atoms with van der Waals surface area (Å²) in [5.74, 6) is 1.90. The van der Waals surface area contributed by atoms with E-state index in [1.165, 1.54) is 6.42 Å². The van der Waals surface area contributed by atoms with Crippen molar-refractivity contribution in [3.8, 4) is 0 Å². The van der Waals surface area contributed by atoms with E-state index in [0.717, 1.165) is 30.4 Å². The summed E-state index contributed by atoms with van der Waals surface area (Å²) in [6.07, 6.45) is 2.20. The van der Waals surface area contributed by atoms with Crippen LogP contribution in [0.5, 0.6) is 0 Å². The third-order valence-corrected chi connectivity index (χ3v) is 4.08. The molecule has 1 saturated carbocycles. The fourth-order valence-electron chi connectivity index (χ4n) is 2.64. The Kier molecular flexibility index (Phi) is 4.18.